The van der Waals surface area contributed by atoms with Gasteiger partial charge in [-0.15, -0.1) is 11.8 Å². The molecular formula is C24H25N7O3S. The third kappa shape index (κ3) is 4.45. The van der Waals surface area contributed by atoms with E-state index in [1.54, 1.807) is 23.3 Å². The molecule has 4 aromatic rings. The summed E-state index contributed by atoms with van der Waals surface area (Å²) in [4.78, 5) is 30.5. The first-order valence-corrected chi connectivity index (χ1v) is 12.1. The number of thioether (sulfide) groups is 1. The Hall–Kier alpha value is -3.54. The van der Waals surface area contributed by atoms with Gasteiger partial charge in [0.15, 0.2) is 22.8 Å². The van der Waals surface area contributed by atoms with Gasteiger partial charge in [-0.05, 0) is 24.1 Å². The topological polar surface area (TPSA) is 138 Å². The third-order valence-corrected chi connectivity index (χ3v) is 7.45. The van der Waals surface area contributed by atoms with Crippen LogP contribution in [0.5, 0.6) is 0 Å². The van der Waals surface area contributed by atoms with E-state index >= 15 is 0 Å². The molecule has 1 aliphatic heterocycles. The van der Waals surface area contributed by atoms with Crippen molar-refractivity contribution in [3.8, 4) is 11.4 Å². The van der Waals surface area contributed by atoms with Crippen LogP contribution in [0.3, 0.4) is 0 Å². The van der Waals surface area contributed by atoms with E-state index in [9.17, 15) is 15.0 Å². The van der Waals surface area contributed by atoms with Gasteiger partial charge in [0.1, 0.15) is 22.8 Å². The number of amides is 1. The van der Waals surface area contributed by atoms with E-state index in [2.05, 4.69) is 20.6 Å². The summed E-state index contributed by atoms with van der Waals surface area (Å²) in [6.45, 7) is 2.48. The maximum atomic E-state index is 12.2. The number of rotatable bonds is 6. The van der Waals surface area contributed by atoms with E-state index in [4.69, 9.17) is 9.97 Å². The number of imidazole rings is 1. The van der Waals surface area contributed by atoms with Gasteiger partial charge in [0.2, 0.25) is 5.91 Å². The van der Waals surface area contributed by atoms with Gasteiger partial charge in [-0.25, -0.2) is 15.0 Å². The van der Waals surface area contributed by atoms with Crippen molar-refractivity contribution in [2.75, 3.05) is 12.4 Å². The van der Waals surface area contributed by atoms with Crippen molar-refractivity contribution in [2.45, 2.75) is 36.3 Å². The Morgan fingerprint density at radius 2 is 1.94 bits per heavy atom. The highest BCUT2D eigenvalue weighted by Gasteiger charge is 2.47. The quantitative estimate of drug-likeness (QED) is 0.318. The maximum absolute atomic E-state index is 12.2. The lowest BCUT2D eigenvalue weighted by Gasteiger charge is -2.17. The average molecular weight is 492 g/mol. The average Bonchev–Trinajstić information content (AvgIpc) is 3.43. The van der Waals surface area contributed by atoms with Gasteiger partial charge in [-0.3, -0.25) is 14.3 Å². The largest absolute Gasteiger partial charge is 0.389 e. The monoisotopic (exact) mass is 491 g/mol. The molecule has 0 saturated carbocycles. The molecule has 3 aromatic heterocycles. The van der Waals surface area contributed by atoms with E-state index < -0.39 is 22.8 Å². The van der Waals surface area contributed by atoms with Gasteiger partial charge in [0, 0.05) is 31.5 Å². The van der Waals surface area contributed by atoms with Gasteiger partial charge in [0.05, 0.1) is 6.33 Å². The smallest absolute Gasteiger partial charge is 0.235 e. The minimum Gasteiger partial charge on any atom is -0.389 e. The number of aliphatic hydroxyl groups is 2. The van der Waals surface area contributed by atoms with Crippen LogP contribution in [0.15, 0.2) is 55.1 Å². The van der Waals surface area contributed by atoms with Crippen LogP contribution in [-0.4, -0.2) is 65.1 Å². The van der Waals surface area contributed by atoms with Gasteiger partial charge in [0.25, 0.3) is 0 Å². The van der Waals surface area contributed by atoms with Crippen molar-refractivity contribution in [1.82, 2.24) is 29.8 Å². The minimum atomic E-state index is -1.22. The second kappa shape index (κ2) is 9.61. The summed E-state index contributed by atoms with van der Waals surface area (Å²) >= 11 is 1.17. The fraction of sp³-hybridized carbons (Fsp3) is 0.292. The number of anilines is 1. The van der Waals surface area contributed by atoms with Crippen molar-refractivity contribution in [3.05, 3.63) is 66.2 Å². The summed E-state index contributed by atoms with van der Waals surface area (Å²) in [5.74, 6) is 0.640. The molecule has 10 nitrogen and oxygen atoms in total. The highest BCUT2D eigenvalue weighted by atomic mass is 32.2. The van der Waals surface area contributed by atoms with Crippen LogP contribution in [0.4, 0.5) is 5.82 Å². The molecule has 4 heterocycles. The Kier molecular flexibility index (Phi) is 6.37. The number of nitrogens with one attached hydrogen (secondary N) is 2. The Morgan fingerprint density at radius 3 is 2.69 bits per heavy atom. The third-order valence-electron chi connectivity index (χ3n) is 5.87. The molecule has 180 valence electrons. The van der Waals surface area contributed by atoms with E-state index in [-0.39, 0.29) is 5.91 Å². The second-order valence-electron chi connectivity index (χ2n) is 8.35. The number of benzene rings is 1. The first kappa shape index (κ1) is 23.2. The molecule has 0 spiro atoms. The zero-order valence-corrected chi connectivity index (χ0v) is 20.0. The fourth-order valence-electron chi connectivity index (χ4n) is 4.06. The van der Waals surface area contributed by atoms with Crippen LogP contribution in [0, 0.1) is 6.92 Å². The van der Waals surface area contributed by atoms with Gasteiger partial charge < -0.3 is 20.8 Å². The molecule has 1 amide bonds. The summed E-state index contributed by atoms with van der Waals surface area (Å²) in [6.07, 6.45) is 2.61. The van der Waals surface area contributed by atoms with E-state index in [1.807, 2.05) is 43.3 Å². The summed E-state index contributed by atoms with van der Waals surface area (Å²) in [6, 6.07) is 11.9. The molecule has 0 unspecified atom stereocenters. The SMILES string of the molecule is CNC(=O)[C@H]1S[C@@H](n2cnc3c(NCc4ccccc4)nc(-c4cncc(C)c4)nc32)[C@H](O)[C@@H]1O. The van der Waals surface area contributed by atoms with E-state index in [1.165, 1.54) is 18.8 Å². The van der Waals surface area contributed by atoms with Crippen molar-refractivity contribution in [2.24, 2.45) is 0 Å². The highest BCUT2D eigenvalue weighted by molar-refractivity contribution is 8.01. The Labute approximate surface area is 205 Å². The molecular weight excluding hydrogens is 466 g/mol. The molecule has 0 aliphatic carbocycles. The standard InChI is InChI=1S/C24H25N7O3S/c1-13-8-15(11-26-9-13)20-29-21(27-10-14-6-4-3-5-7-14)16-22(30-20)31(12-28-16)24-18(33)17(32)19(35-24)23(34)25-2/h3-9,11-12,17-19,24,32-33H,10H2,1-2H3,(H,25,34)(H,27,29,30)/t17-,18+,19-,24+/m0/s1. The molecule has 1 aliphatic rings. The van der Waals surface area contributed by atoms with Crippen LogP contribution >= 0.6 is 11.8 Å². The Morgan fingerprint density at radius 1 is 1.14 bits per heavy atom. The summed E-state index contributed by atoms with van der Waals surface area (Å²) in [5.41, 5.74) is 3.79. The van der Waals surface area contributed by atoms with Crippen molar-refractivity contribution >= 4 is 34.7 Å². The highest BCUT2D eigenvalue weighted by Crippen LogP contribution is 2.43. The summed E-state index contributed by atoms with van der Waals surface area (Å²) in [7, 11) is 1.50. The van der Waals surface area contributed by atoms with E-state index in [0.29, 0.717) is 29.4 Å². The van der Waals surface area contributed by atoms with Crippen molar-refractivity contribution < 1.29 is 15.0 Å². The number of pyridine rings is 1. The first-order chi connectivity index (χ1) is 17.0. The maximum Gasteiger partial charge on any atom is 0.235 e. The predicted molar refractivity (Wildman–Crippen MR) is 134 cm³/mol. The second-order valence-corrected chi connectivity index (χ2v) is 9.62. The molecule has 1 saturated heterocycles. The van der Waals surface area contributed by atoms with Crippen molar-refractivity contribution in [3.63, 3.8) is 0 Å². The molecule has 4 atom stereocenters. The summed E-state index contributed by atoms with van der Waals surface area (Å²) < 4.78 is 1.69. The first-order valence-electron chi connectivity index (χ1n) is 11.1. The van der Waals surface area contributed by atoms with Crippen LogP contribution in [0.25, 0.3) is 22.6 Å². The number of hydrogen-bond acceptors (Lipinski definition) is 9. The number of nitrogens with zero attached hydrogens (tertiary/aromatic N) is 5. The molecule has 4 N–H and O–H groups in total. The van der Waals surface area contributed by atoms with Gasteiger partial charge in [-0.1, -0.05) is 30.3 Å². The Balaban J connectivity index is 1.58. The molecule has 1 aromatic carbocycles. The number of aliphatic hydroxyl groups excluding tert-OH is 2. The molecule has 11 heteroatoms. The summed E-state index contributed by atoms with van der Waals surface area (Å²) in [5, 5.41) is 25.7. The molecule has 1 fully saturated rings. The predicted octanol–water partition coefficient (Wildman–Crippen LogP) is 1.89. The number of carbonyl (C=O) groups excluding carboxylic acids is 1. The lowest BCUT2D eigenvalue weighted by atomic mass is 10.1. The van der Waals surface area contributed by atoms with Gasteiger partial charge >= 0.3 is 0 Å². The number of aromatic nitrogens is 5. The molecule has 35 heavy (non-hydrogen) atoms. The number of fused-ring (bicyclic) bond motifs is 1. The van der Waals surface area contributed by atoms with Crippen LogP contribution in [0.1, 0.15) is 16.5 Å². The Bertz CT molecular complexity index is 1360. The number of carbonyl (C=O) groups is 1. The van der Waals surface area contributed by atoms with Crippen LogP contribution in [-0.2, 0) is 11.3 Å². The van der Waals surface area contributed by atoms with E-state index in [0.717, 1.165) is 16.7 Å². The molecule has 5 rings (SSSR count). The lowest BCUT2D eigenvalue weighted by molar-refractivity contribution is -0.122. The molecule has 0 bridgehead atoms. The number of aryl methyl sites for hydroxylation is 1. The van der Waals surface area contributed by atoms with Crippen molar-refractivity contribution in [1.29, 1.82) is 0 Å². The molecule has 0 radical (unpaired) electrons. The fourth-order valence-corrected chi connectivity index (χ4v) is 5.53. The minimum absolute atomic E-state index is 0.347. The zero-order chi connectivity index (χ0) is 24.5. The zero-order valence-electron chi connectivity index (χ0n) is 19.2. The lowest BCUT2D eigenvalue weighted by Crippen LogP contribution is -2.39. The normalized spacial score (nSPS) is 21.8. The number of hydrogen-bond donors (Lipinski definition) is 4. The van der Waals surface area contributed by atoms with Gasteiger partial charge in [-0.2, -0.15) is 0 Å². The van der Waals surface area contributed by atoms with Crippen LogP contribution < -0.4 is 10.6 Å². The van der Waals surface area contributed by atoms with Crippen LogP contribution in [0.2, 0.25) is 0 Å².